The van der Waals surface area contributed by atoms with Crippen LogP contribution in [-0.4, -0.2) is 11.4 Å². The highest BCUT2D eigenvalue weighted by Gasteiger charge is 2.53. The Bertz CT molecular complexity index is 982. The van der Waals surface area contributed by atoms with Crippen LogP contribution >= 0.6 is 0 Å². The van der Waals surface area contributed by atoms with Gasteiger partial charge >= 0.3 is 0 Å². The van der Waals surface area contributed by atoms with Crippen molar-refractivity contribution in [1.29, 1.82) is 0 Å². The Balaban J connectivity index is 1.69. The number of Topliss-reactive ketones (excluding diaryl/α,β-unsaturated/α-hetero) is 1. The Morgan fingerprint density at radius 3 is 2.50 bits per heavy atom. The molecule has 1 N–H and O–H groups in total. The second-order valence-corrected chi connectivity index (χ2v) is 6.96. The third kappa shape index (κ3) is 2.17. The number of ether oxygens (including phenoxy) is 1. The zero-order chi connectivity index (χ0) is 17.6. The van der Waals surface area contributed by atoms with E-state index in [-0.39, 0.29) is 11.8 Å². The highest BCUT2D eigenvalue weighted by atomic mass is 16.5. The number of nitrogens with one attached hydrogen (secondary N) is 1. The summed E-state index contributed by atoms with van der Waals surface area (Å²) >= 11 is 0. The first kappa shape index (κ1) is 15.2. The maximum Gasteiger partial charge on any atom is 0.209 e. The molecule has 0 aromatic heterocycles. The monoisotopic (exact) mass is 341 g/mol. The molecule has 1 spiro atoms. The lowest BCUT2D eigenvalue weighted by Gasteiger charge is -2.46. The molecule has 1 heterocycles. The number of carbonyl (C=O) groups excluding carboxylic acids is 1. The first-order chi connectivity index (χ1) is 12.8. The molecule has 0 radical (unpaired) electrons. The molecule has 3 aromatic carbocycles. The smallest absolute Gasteiger partial charge is 0.209 e. The third-order valence-electron chi connectivity index (χ3n) is 5.49. The molecule has 26 heavy (non-hydrogen) atoms. The van der Waals surface area contributed by atoms with E-state index in [1.807, 2.05) is 66.7 Å². The second-order valence-electron chi connectivity index (χ2n) is 6.96. The molecule has 2 aliphatic rings. The minimum Gasteiger partial charge on any atom is -0.474 e. The van der Waals surface area contributed by atoms with Crippen molar-refractivity contribution < 1.29 is 9.53 Å². The maximum atomic E-state index is 13.6. The Labute approximate surface area is 152 Å². The quantitative estimate of drug-likeness (QED) is 0.691. The Morgan fingerprint density at radius 2 is 1.62 bits per heavy atom. The van der Waals surface area contributed by atoms with Crippen LogP contribution in [0.15, 0.2) is 78.9 Å². The van der Waals surface area contributed by atoms with E-state index in [1.165, 1.54) is 0 Å². The summed E-state index contributed by atoms with van der Waals surface area (Å²) in [6.45, 7) is 0. The van der Waals surface area contributed by atoms with E-state index >= 15 is 0 Å². The van der Waals surface area contributed by atoms with Gasteiger partial charge in [0.2, 0.25) is 5.78 Å². The van der Waals surface area contributed by atoms with Gasteiger partial charge in [-0.3, -0.25) is 4.79 Å². The number of hydrogen-bond acceptors (Lipinski definition) is 3. The molecule has 1 aliphatic carbocycles. The molecule has 3 nitrogen and oxygen atoms in total. The predicted molar refractivity (Wildman–Crippen MR) is 102 cm³/mol. The van der Waals surface area contributed by atoms with E-state index in [1.54, 1.807) is 0 Å². The van der Waals surface area contributed by atoms with Crippen molar-refractivity contribution in [3.8, 4) is 5.75 Å². The summed E-state index contributed by atoms with van der Waals surface area (Å²) in [6, 6.07) is 25.6. The van der Waals surface area contributed by atoms with Crippen LogP contribution in [0.4, 0.5) is 5.69 Å². The van der Waals surface area contributed by atoms with Crippen LogP contribution in [0.5, 0.6) is 5.75 Å². The van der Waals surface area contributed by atoms with Crippen molar-refractivity contribution >= 4 is 11.5 Å². The number of fused-ring (bicyclic) bond motifs is 2. The van der Waals surface area contributed by atoms with Crippen molar-refractivity contribution in [3.63, 3.8) is 0 Å². The van der Waals surface area contributed by atoms with Crippen LogP contribution in [-0.2, 0) is 6.42 Å². The van der Waals surface area contributed by atoms with Gasteiger partial charge in [0.25, 0.3) is 0 Å². The van der Waals surface area contributed by atoms with Gasteiger partial charge in [-0.05, 0) is 29.7 Å². The van der Waals surface area contributed by atoms with Crippen molar-refractivity contribution in [1.82, 2.24) is 0 Å². The molecule has 128 valence electrons. The molecule has 0 bridgehead atoms. The Kier molecular flexibility index (Phi) is 3.35. The summed E-state index contributed by atoms with van der Waals surface area (Å²) in [5.74, 6) is 0.808. The van der Waals surface area contributed by atoms with E-state index in [2.05, 4.69) is 17.4 Å². The van der Waals surface area contributed by atoms with Gasteiger partial charge in [-0.1, -0.05) is 66.7 Å². The van der Waals surface area contributed by atoms with Crippen LogP contribution in [0, 0.1) is 0 Å². The van der Waals surface area contributed by atoms with Gasteiger partial charge in [-0.25, -0.2) is 0 Å². The Morgan fingerprint density at radius 1 is 0.885 bits per heavy atom. The molecule has 3 aromatic rings. The number of aryl methyl sites for hydroxylation is 1. The highest BCUT2D eigenvalue weighted by Crippen LogP contribution is 2.48. The van der Waals surface area contributed by atoms with Crippen LogP contribution < -0.4 is 10.1 Å². The molecular weight excluding hydrogens is 322 g/mol. The minimum absolute atomic E-state index is 0.0650. The summed E-state index contributed by atoms with van der Waals surface area (Å²) in [5, 5.41) is 3.59. The topological polar surface area (TPSA) is 38.3 Å². The highest BCUT2D eigenvalue weighted by molar-refractivity contribution is 6.06. The zero-order valence-corrected chi connectivity index (χ0v) is 14.3. The Hall–Kier alpha value is -3.07. The van der Waals surface area contributed by atoms with Gasteiger partial charge in [0.05, 0.1) is 11.7 Å². The molecule has 5 rings (SSSR count). The van der Waals surface area contributed by atoms with E-state index in [4.69, 9.17) is 4.74 Å². The summed E-state index contributed by atoms with van der Waals surface area (Å²) in [5.41, 5.74) is 2.95. The zero-order valence-electron chi connectivity index (χ0n) is 14.3. The lowest BCUT2D eigenvalue weighted by Crippen LogP contribution is -2.56. The number of para-hydroxylation sites is 2. The molecule has 0 saturated carbocycles. The standard InChI is InChI=1S/C23H19NO2/c25-22-18-11-5-4-8-16(18)14-15-23(22)21(17-9-2-1-3-10-17)24-19-12-6-7-13-20(19)26-23/h1-13,21,24H,14-15H2/t21-,23+/m0/s1. The van der Waals surface area contributed by atoms with Crippen molar-refractivity contribution in [3.05, 3.63) is 95.6 Å². The summed E-state index contributed by atoms with van der Waals surface area (Å²) in [7, 11) is 0. The third-order valence-corrected chi connectivity index (χ3v) is 5.49. The van der Waals surface area contributed by atoms with Crippen molar-refractivity contribution in [2.75, 3.05) is 5.32 Å². The lowest BCUT2D eigenvalue weighted by molar-refractivity contribution is 0.0243. The first-order valence-corrected chi connectivity index (χ1v) is 9.00. The first-order valence-electron chi connectivity index (χ1n) is 9.00. The van der Waals surface area contributed by atoms with Gasteiger partial charge in [0, 0.05) is 12.0 Å². The minimum atomic E-state index is -0.927. The fourth-order valence-corrected chi connectivity index (χ4v) is 4.19. The van der Waals surface area contributed by atoms with E-state index in [0.29, 0.717) is 6.42 Å². The molecule has 3 heteroatoms. The van der Waals surface area contributed by atoms with Crippen LogP contribution in [0.1, 0.15) is 33.9 Å². The lowest BCUT2D eigenvalue weighted by atomic mass is 9.72. The number of carbonyl (C=O) groups is 1. The summed E-state index contributed by atoms with van der Waals surface area (Å²) < 4.78 is 6.48. The summed E-state index contributed by atoms with van der Waals surface area (Å²) in [4.78, 5) is 13.6. The van der Waals surface area contributed by atoms with Gasteiger partial charge in [0.15, 0.2) is 5.60 Å². The van der Waals surface area contributed by atoms with Crippen molar-refractivity contribution in [2.45, 2.75) is 24.5 Å². The number of ketones is 1. The average Bonchev–Trinajstić information content (AvgIpc) is 2.71. The van der Waals surface area contributed by atoms with Gasteiger partial charge < -0.3 is 10.1 Å². The molecule has 0 fully saturated rings. The number of hydrogen-bond donors (Lipinski definition) is 1. The van der Waals surface area contributed by atoms with Crippen LogP contribution in [0.3, 0.4) is 0 Å². The largest absolute Gasteiger partial charge is 0.474 e. The SMILES string of the molecule is O=C1c2ccccc2CC[C@]12Oc1ccccc1N[C@H]2c1ccccc1. The number of benzene rings is 3. The van der Waals surface area contributed by atoms with Crippen LogP contribution in [0.2, 0.25) is 0 Å². The number of anilines is 1. The maximum absolute atomic E-state index is 13.6. The van der Waals surface area contributed by atoms with E-state index in [9.17, 15) is 4.79 Å². The van der Waals surface area contributed by atoms with Crippen molar-refractivity contribution in [2.24, 2.45) is 0 Å². The van der Waals surface area contributed by atoms with Crippen LogP contribution in [0.25, 0.3) is 0 Å². The predicted octanol–water partition coefficient (Wildman–Crippen LogP) is 4.80. The summed E-state index contributed by atoms with van der Waals surface area (Å²) in [6.07, 6.45) is 1.48. The molecule has 0 amide bonds. The van der Waals surface area contributed by atoms with Gasteiger partial charge in [-0.2, -0.15) is 0 Å². The normalized spacial score (nSPS) is 23.5. The molecule has 1 aliphatic heterocycles. The molecule has 0 saturated heterocycles. The van der Waals surface area contributed by atoms with E-state index < -0.39 is 5.60 Å². The fourth-order valence-electron chi connectivity index (χ4n) is 4.19. The van der Waals surface area contributed by atoms with Gasteiger partial charge in [-0.15, -0.1) is 0 Å². The fraction of sp³-hybridized carbons (Fsp3) is 0.174. The van der Waals surface area contributed by atoms with Gasteiger partial charge in [0.1, 0.15) is 5.75 Å². The average molecular weight is 341 g/mol. The van der Waals surface area contributed by atoms with E-state index in [0.717, 1.165) is 34.5 Å². The molecular formula is C23H19NO2. The second kappa shape index (κ2) is 5.73. The molecule has 0 unspecified atom stereocenters. The number of rotatable bonds is 1. The molecule has 2 atom stereocenters.